The van der Waals surface area contributed by atoms with Crippen LogP contribution in [0.5, 0.6) is 0 Å². The van der Waals surface area contributed by atoms with Crippen molar-refractivity contribution in [2.75, 3.05) is 6.54 Å². The normalized spacial score (nSPS) is 30.8. The van der Waals surface area contributed by atoms with Gasteiger partial charge in [-0.05, 0) is 44.4 Å². The Morgan fingerprint density at radius 1 is 1.29 bits per heavy atom. The highest BCUT2D eigenvalue weighted by atomic mass is 16.2. The van der Waals surface area contributed by atoms with E-state index in [0.29, 0.717) is 18.0 Å². The van der Waals surface area contributed by atoms with E-state index in [4.69, 9.17) is 0 Å². The lowest BCUT2D eigenvalue weighted by molar-refractivity contribution is -0.133. The van der Waals surface area contributed by atoms with E-state index in [2.05, 4.69) is 37.9 Å². The van der Waals surface area contributed by atoms with Crippen LogP contribution in [0.3, 0.4) is 0 Å². The van der Waals surface area contributed by atoms with Gasteiger partial charge in [-0.25, -0.2) is 0 Å². The summed E-state index contributed by atoms with van der Waals surface area (Å²) in [5, 5.41) is 3.68. The van der Waals surface area contributed by atoms with Gasteiger partial charge in [0.15, 0.2) is 0 Å². The van der Waals surface area contributed by atoms with Crippen LogP contribution in [-0.2, 0) is 4.79 Å². The van der Waals surface area contributed by atoms with Gasteiger partial charge in [-0.2, -0.15) is 0 Å². The lowest BCUT2D eigenvalue weighted by Gasteiger charge is -2.29. The van der Waals surface area contributed by atoms with Crippen molar-refractivity contribution < 1.29 is 4.79 Å². The van der Waals surface area contributed by atoms with Crippen LogP contribution in [0.2, 0.25) is 0 Å². The van der Waals surface area contributed by atoms with Crippen molar-refractivity contribution in [2.45, 2.75) is 90.8 Å². The van der Waals surface area contributed by atoms with E-state index < -0.39 is 0 Å². The van der Waals surface area contributed by atoms with Crippen molar-refractivity contribution in [1.82, 2.24) is 10.2 Å². The zero-order valence-corrected chi connectivity index (χ0v) is 14.5. The molecule has 0 radical (unpaired) electrons. The number of nitrogens with zero attached hydrogens (tertiary/aromatic N) is 1. The van der Waals surface area contributed by atoms with Crippen LogP contribution in [0.4, 0.5) is 0 Å². The van der Waals surface area contributed by atoms with Gasteiger partial charge < -0.3 is 4.90 Å². The maximum Gasteiger partial charge on any atom is 0.243 e. The Bertz CT molecular complexity index is 349. The molecule has 2 rings (SSSR count). The van der Waals surface area contributed by atoms with Gasteiger partial charge >= 0.3 is 0 Å². The van der Waals surface area contributed by atoms with E-state index in [-0.39, 0.29) is 5.54 Å². The van der Waals surface area contributed by atoms with E-state index >= 15 is 0 Å². The summed E-state index contributed by atoms with van der Waals surface area (Å²) < 4.78 is 0. The molecular formula is C18H34N2O. The number of rotatable bonds is 7. The summed E-state index contributed by atoms with van der Waals surface area (Å²) in [4.78, 5) is 15.0. The fourth-order valence-corrected chi connectivity index (χ4v) is 3.88. The zero-order chi connectivity index (χ0) is 15.5. The summed E-state index contributed by atoms with van der Waals surface area (Å²) >= 11 is 0. The second-order valence-corrected chi connectivity index (χ2v) is 7.71. The predicted molar refractivity (Wildman–Crippen MR) is 88.0 cm³/mol. The summed E-state index contributed by atoms with van der Waals surface area (Å²) in [5.41, 5.74) is -0.328. The number of unbranched alkanes of at least 4 members (excludes halogenated alkanes) is 1. The van der Waals surface area contributed by atoms with Crippen molar-refractivity contribution in [3.63, 3.8) is 0 Å². The SMILES string of the molecule is CCC1(C)NC(C2CCCC2)N(CCCCC(C)C)C1=O. The number of nitrogens with one attached hydrogen (secondary N) is 1. The third-order valence-corrected chi connectivity index (χ3v) is 5.52. The van der Waals surface area contributed by atoms with Crippen LogP contribution in [0.1, 0.15) is 79.1 Å². The molecule has 3 heteroatoms. The van der Waals surface area contributed by atoms with Gasteiger partial charge in [0.25, 0.3) is 0 Å². The molecule has 0 bridgehead atoms. The minimum Gasteiger partial charge on any atom is -0.325 e. The summed E-state index contributed by atoms with van der Waals surface area (Å²) in [6, 6.07) is 0. The largest absolute Gasteiger partial charge is 0.325 e. The third-order valence-electron chi connectivity index (χ3n) is 5.52. The molecule has 2 fully saturated rings. The number of carbonyl (C=O) groups excluding carboxylic acids is 1. The highest BCUT2D eigenvalue weighted by Crippen LogP contribution is 2.35. The molecule has 1 aliphatic heterocycles. The first-order chi connectivity index (χ1) is 9.98. The Kier molecular flexibility index (Phi) is 5.70. The third kappa shape index (κ3) is 3.80. The average molecular weight is 294 g/mol. The number of carbonyl (C=O) groups is 1. The van der Waals surface area contributed by atoms with E-state index in [1.54, 1.807) is 0 Å². The Morgan fingerprint density at radius 3 is 2.52 bits per heavy atom. The molecule has 1 saturated carbocycles. The first-order valence-electron chi connectivity index (χ1n) is 9.06. The van der Waals surface area contributed by atoms with Crippen LogP contribution in [-0.4, -0.2) is 29.1 Å². The summed E-state index contributed by atoms with van der Waals surface area (Å²) in [6.45, 7) is 9.70. The van der Waals surface area contributed by atoms with Crippen molar-refractivity contribution in [3.8, 4) is 0 Å². The molecule has 2 aliphatic rings. The van der Waals surface area contributed by atoms with Crippen LogP contribution in [0.25, 0.3) is 0 Å². The van der Waals surface area contributed by atoms with E-state index in [1.807, 2.05) is 0 Å². The smallest absolute Gasteiger partial charge is 0.243 e. The summed E-state index contributed by atoms with van der Waals surface area (Å²) in [5.74, 6) is 1.78. The number of hydrogen-bond donors (Lipinski definition) is 1. The maximum atomic E-state index is 12.8. The molecule has 1 heterocycles. The molecule has 0 aromatic rings. The fraction of sp³-hybridized carbons (Fsp3) is 0.944. The van der Waals surface area contributed by atoms with Gasteiger partial charge in [-0.3, -0.25) is 10.1 Å². The maximum absolute atomic E-state index is 12.8. The fourth-order valence-electron chi connectivity index (χ4n) is 3.88. The van der Waals surface area contributed by atoms with Crippen molar-refractivity contribution in [2.24, 2.45) is 11.8 Å². The van der Waals surface area contributed by atoms with E-state index in [9.17, 15) is 4.79 Å². The molecule has 122 valence electrons. The zero-order valence-electron chi connectivity index (χ0n) is 14.5. The molecule has 0 aromatic heterocycles. The summed E-state index contributed by atoms with van der Waals surface area (Å²) in [7, 11) is 0. The molecule has 1 saturated heterocycles. The first-order valence-corrected chi connectivity index (χ1v) is 9.06. The van der Waals surface area contributed by atoms with E-state index in [1.165, 1.54) is 38.5 Å². The van der Waals surface area contributed by atoms with Crippen molar-refractivity contribution in [1.29, 1.82) is 0 Å². The molecule has 1 N–H and O–H groups in total. The van der Waals surface area contributed by atoms with Gasteiger partial charge in [0, 0.05) is 6.54 Å². The average Bonchev–Trinajstić information content (AvgIpc) is 3.05. The Labute approximate surface area is 130 Å². The van der Waals surface area contributed by atoms with Crippen LogP contribution >= 0.6 is 0 Å². The minimum atomic E-state index is -0.328. The van der Waals surface area contributed by atoms with Crippen LogP contribution < -0.4 is 5.32 Å². The lowest BCUT2D eigenvalue weighted by atomic mass is 9.99. The Balaban J connectivity index is 1.97. The predicted octanol–water partition coefficient (Wildman–Crippen LogP) is 3.93. The molecule has 1 aliphatic carbocycles. The molecule has 2 atom stereocenters. The van der Waals surface area contributed by atoms with Crippen molar-refractivity contribution >= 4 is 5.91 Å². The Morgan fingerprint density at radius 2 is 1.95 bits per heavy atom. The molecule has 0 spiro atoms. The van der Waals surface area contributed by atoms with Gasteiger partial charge in [0.05, 0.1) is 11.7 Å². The van der Waals surface area contributed by atoms with Gasteiger partial charge in [-0.15, -0.1) is 0 Å². The topological polar surface area (TPSA) is 32.3 Å². The quantitative estimate of drug-likeness (QED) is 0.722. The number of amides is 1. The van der Waals surface area contributed by atoms with Crippen LogP contribution in [0, 0.1) is 11.8 Å². The monoisotopic (exact) mass is 294 g/mol. The second-order valence-electron chi connectivity index (χ2n) is 7.71. The molecule has 21 heavy (non-hydrogen) atoms. The van der Waals surface area contributed by atoms with Crippen LogP contribution in [0.15, 0.2) is 0 Å². The molecule has 3 nitrogen and oxygen atoms in total. The molecule has 1 amide bonds. The molecule has 0 aromatic carbocycles. The highest BCUT2D eigenvalue weighted by Gasteiger charge is 2.48. The minimum absolute atomic E-state index is 0.295. The summed E-state index contributed by atoms with van der Waals surface area (Å²) in [6.07, 6.45) is 10.1. The first kappa shape index (κ1) is 16.8. The van der Waals surface area contributed by atoms with Gasteiger partial charge in [0.1, 0.15) is 0 Å². The number of hydrogen-bond acceptors (Lipinski definition) is 2. The van der Waals surface area contributed by atoms with Gasteiger partial charge in [0.2, 0.25) is 5.91 Å². The standard InChI is InChI=1S/C18H34N2O/c1-5-18(4)17(21)20(13-9-8-10-14(2)3)16(19-18)15-11-6-7-12-15/h14-16,19H,5-13H2,1-4H3. The molecular weight excluding hydrogens is 260 g/mol. The van der Waals surface area contributed by atoms with Crippen molar-refractivity contribution in [3.05, 3.63) is 0 Å². The highest BCUT2D eigenvalue weighted by molar-refractivity contribution is 5.88. The second kappa shape index (κ2) is 7.13. The lowest BCUT2D eigenvalue weighted by Crippen LogP contribution is -2.45. The van der Waals surface area contributed by atoms with E-state index in [0.717, 1.165) is 25.3 Å². The van der Waals surface area contributed by atoms with Gasteiger partial charge in [-0.1, -0.05) is 46.5 Å². The Hall–Kier alpha value is -0.570. The molecule has 2 unspecified atom stereocenters.